The zero-order valence-corrected chi connectivity index (χ0v) is 24.9. The zero-order chi connectivity index (χ0) is 30.8. The number of amides is 1. The molecule has 1 heterocycles. The minimum Gasteiger partial charge on any atom is -0.497 e. The van der Waals surface area contributed by atoms with Gasteiger partial charge in [-0.2, -0.15) is 15.0 Å². The number of carbonyl (C=O) groups excluding carboxylic acids is 1. The smallest absolute Gasteiger partial charge is 0.251 e. The van der Waals surface area contributed by atoms with E-state index in [1.54, 1.807) is 25.3 Å². The number of hydrogen-bond acceptors (Lipinski definition) is 11. The molecular formula is C32H40N8O4. The molecule has 0 aliphatic rings. The van der Waals surface area contributed by atoms with E-state index in [0.29, 0.717) is 81.7 Å². The first kappa shape index (κ1) is 32.1. The molecule has 1 amide bonds. The third kappa shape index (κ3) is 11.1. The molecule has 0 spiro atoms. The van der Waals surface area contributed by atoms with Gasteiger partial charge in [0.25, 0.3) is 5.91 Å². The van der Waals surface area contributed by atoms with Crippen molar-refractivity contribution in [3.8, 4) is 5.75 Å². The Bertz CT molecular complexity index is 1420. The van der Waals surface area contributed by atoms with Gasteiger partial charge in [0.1, 0.15) is 5.75 Å². The minimum atomic E-state index is -0.211. The summed E-state index contributed by atoms with van der Waals surface area (Å²) in [6, 6.07) is 25.1. The van der Waals surface area contributed by atoms with Crippen molar-refractivity contribution in [2.24, 2.45) is 5.73 Å². The summed E-state index contributed by atoms with van der Waals surface area (Å²) >= 11 is 0. The number of anilines is 4. The van der Waals surface area contributed by atoms with Crippen molar-refractivity contribution in [2.45, 2.75) is 13.0 Å². The fourth-order valence-corrected chi connectivity index (χ4v) is 4.09. The van der Waals surface area contributed by atoms with Crippen molar-refractivity contribution in [1.82, 2.24) is 20.3 Å². The Balaban J connectivity index is 1.38. The van der Waals surface area contributed by atoms with Crippen molar-refractivity contribution < 1.29 is 19.0 Å². The van der Waals surface area contributed by atoms with Crippen LogP contribution in [0.4, 0.5) is 23.5 Å². The molecular weight excluding hydrogens is 560 g/mol. The number of aromatic nitrogens is 3. The number of ether oxygens (including phenoxy) is 3. The molecule has 0 radical (unpaired) electrons. The molecule has 1 aromatic heterocycles. The molecule has 3 aromatic carbocycles. The Morgan fingerprint density at radius 1 is 0.750 bits per heavy atom. The minimum absolute atomic E-state index is 0.211. The molecule has 0 unspecified atom stereocenters. The second-order valence-corrected chi connectivity index (χ2v) is 9.65. The Kier molecular flexibility index (Phi) is 13.2. The van der Waals surface area contributed by atoms with Crippen LogP contribution in [-0.4, -0.2) is 74.0 Å². The molecule has 0 aliphatic heterocycles. The monoisotopic (exact) mass is 600 g/mol. The van der Waals surface area contributed by atoms with Crippen LogP contribution in [0.1, 0.15) is 21.5 Å². The number of methoxy groups -OCH3 is 1. The summed E-state index contributed by atoms with van der Waals surface area (Å²) in [5.74, 6) is 1.75. The van der Waals surface area contributed by atoms with Crippen molar-refractivity contribution >= 4 is 29.4 Å². The second-order valence-electron chi connectivity index (χ2n) is 9.65. The standard InChI is InChI=1S/C32H40N8O4/c1-42-28-12-10-25(11-13-28)23-36-31-38-30(35-16-14-24-6-3-2-4-7-24)39-32(40-31)37-27-9-5-8-26(22-27)29(41)34-17-19-44-21-20-43-18-15-33/h2-13,22H,14-21,23,33H2,1H3,(H,34,41)(H3,35,36,37,38,39,40). The van der Waals surface area contributed by atoms with Crippen LogP contribution in [-0.2, 0) is 22.4 Å². The van der Waals surface area contributed by atoms with Crippen molar-refractivity contribution in [2.75, 3.05) is 69.1 Å². The summed E-state index contributed by atoms with van der Waals surface area (Å²) in [6.07, 6.45) is 0.814. The molecule has 0 fully saturated rings. The van der Waals surface area contributed by atoms with Gasteiger partial charge in [0.2, 0.25) is 17.8 Å². The van der Waals surface area contributed by atoms with Crippen LogP contribution in [0.2, 0.25) is 0 Å². The van der Waals surface area contributed by atoms with Crippen LogP contribution < -0.4 is 31.7 Å². The summed E-state index contributed by atoms with van der Waals surface area (Å²) in [4.78, 5) is 26.4. The van der Waals surface area contributed by atoms with E-state index in [-0.39, 0.29) is 5.91 Å². The van der Waals surface area contributed by atoms with Gasteiger partial charge in [-0.1, -0.05) is 48.5 Å². The molecule has 0 bridgehead atoms. The van der Waals surface area contributed by atoms with Crippen LogP contribution in [0.15, 0.2) is 78.9 Å². The lowest BCUT2D eigenvalue weighted by molar-refractivity contribution is 0.0511. The third-order valence-corrected chi connectivity index (χ3v) is 6.33. The maximum Gasteiger partial charge on any atom is 0.251 e. The zero-order valence-electron chi connectivity index (χ0n) is 24.9. The van der Waals surface area contributed by atoms with Gasteiger partial charge in [0.15, 0.2) is 0 Å². The second kappa shape index (κ2) is 18.0. The average molecular weight is 601 g/mol. The number of nitrogens with two attached hydrogens (primary N) is 1. The first-order valence-electron chi connectivity index (χ1n) is 14.5. The largest absolute Gasteiger partial charge is 0.497 e. The summed E-state index contributed by atoms with van der Waals surface area (Å²) in [6.45, 7) is 3.81. The van der Waals surface area contributed by atoms with Gasteiger partial charge in [-0.3, -0.25) is 4.79 Å². The Morgan fingerprint density at radius 2 is 1.48 bits per heavy atom. The first-order valence-corrected chi connectivity index (χ1v) is 14.5. The molecule has 0 saturated heterocycles. The molecule has 4 aromatic rings. The van der Waals surface area contributed by atoms with Crippen LogP contribution in [0, 0.1) is 0 Å². The molecule has 12 heteroatoms. The Hall–Kier alpha value is -4.78. The summed E-state index contributed by atoms with van der Waals surface area (Å²) in [7, 11) is 1.64. The van der Waals surface area contributed by atoms with E-state index in [9.17, 15) is 4.79 Å². The highest BCUT2D eigenvalue weighted by molar-refractivity contribution is 5.95. The van der Waals surface area contributed by atoms with E-state index in [2.05, 4.69) is 48.4 Å². The Labute approximate surface area is 257 Å². The lowest BCUT2D eigenvalue weighted by atomic mass is 10.1. The maximum absolute atomic E-state index is 12.7. The van der Waals surface area contributed by atoms with E-state index in [1.807, 2.05) is 48.5 Å². The molecule has 0 atom stereocenters. The van der Waals surface area contributed by atoms with Gasteiger partial charge in [0, 0.05) is 37.4 Å². The SMILES string of the molecule is COc1ccc(CNc2nc(NCCc3ccccc3)nc(Nc3cccc(C(=O)NCCOCCOCCN)c3)n2)cc1. The highest BCUT2D eigenvalue weighted by atomic mass is 16.5. The highest BCUT2D eigenvalue weighted by Gasteiger charge is 2.10. The number of rotatable bonds is 19. The van der Waals surface area contributed by atoms with E-state index in [0.717, 1.165) is 17.7 Å². The number of benzene rings is 3. The summed E-state index contributed by atoms with van der Waals surface area (Å²) in [5, 5.41) is 12.7. The molecule has 232 valence electrons. The topological polar surface area (TPSA) is 158 Å². The molecule has 6 N–H and O–H groups in total. The van der Waals surface area contributed by atoms with Gasteiger partial charge in [-0.25, -0.2) is 0 Å². The average Bonchev–Trinajstić information content (AvgIpc) is 3.06. The van der Waals surface area contributed by atoms with Gasteiger partial charge < -0.3 is 41.2 Å². The summed E-state index contributed by atoms with van der Waals surface area (Å²) in [5.41, 5.74) is 8.80. The van der Waals surface area contributed by atoms with Gasteiger partial charge in [-0.05, 0) is 47.9 Å². The van der Waals surface area contributed by atoms with Gasteiger partial charge in [0.05, 0.1) is 33.5 Å². The molecule has 44 heavy (non-hydrogen) atoms. The van der Waals surface area contributed by atoms with Crippen LogP contribution in [0.3, 0.4) is 0 Å². The molecule has 0 aliphatic carbocycles. The van der Waals surface area contributed by atoms with E-state index in [4.69, 9.17) is 19.9 Å². The highest BCUT2D eigenvalue weighted by Crippen LogP contribution is 2.19. The van der Waals surface area contributed by atoms with E-state index >= 15 is 0 Å². The van der Waals surface area contributed by atoms with Crippen molar-refractivity contribution in [1.29, 1.82) is 0 Å². The van der Waals surface area contributed by atoms with Crippen LogP contribution in [0.25, 0.3) is 0 Å². The predicted molar refractivity (Wildman–Crippen MR) is 172 cm³/mol. The number of nitrogens with one attached hydrogen (secondary N) is 4. The van der Waals surface area contributed by atoms with Crippen molar-refractivity contribution in [3.63, 3.8) is 0 Å². The van der Waals surface area contributed by atoms with E-state index < -0.39 is 0 Å². The third-order valence-electron chi connectivity index (χ3n) is 6.33. The quantitative estimate of drug-likeness (QED) is 0.100. The molecule has 12 nitrogen and oxygen atoms in total. The van der Waals surface area contributed by atoms with Gasteiger partial charge in [-0.15, -0.1) is 0 Å². The number of nitrogens with zero attached hydrogens (tertiary/aromatic N) is 3. The van der Waals surface area contributed by atoms with E-state index in [1.165, 1.54) is 5.56 Å². The predicted octanol–water partition coefficient (Wildman–Crippen LogP) is 3.61. The van der Waals surface area contributed by atoms with Crippen LogP contribution in [0.5, 0.6) is 5.75 Å². The number of carbonyl (C=O) groups is 1. The normalized spacial score (nSPS) is 10.7. The number of hydrogen-bond donors (Lipinski definition) is 5. The van der Waals surface area contributed by atoms with Crippen molar-refractivity contribution in [3.05, 3.63) is 95.6 Å². The van der Waals surface area contributed by atoms with Crippen LogP contribution >= 0.6 is 0 Å². The molecule has 4 rings (SSSR count). The fourth-order valence-electron chi connectivity index (χ4n) is 4.09. The Morgan fingerprint density at radius 3 is 2.23 bits per heavy atom. The van der Waals surface area contributed by atoms with Gasteiger partial charge >= 0.3 is 0 Å². The fraction of sp³-hybridized carbons (Fsp3) is 0.312. The first-order chi connectivity index (χ1) is 21.6. The lowest BCUT2D eigenvalue weighted by Gasteiger charge is -2.12. The lowest BCUT2D eigenvalue weighted by Crippen LogP contribution is -2.27. The molecule has 0 saturated carbocycles. The summed E-state index contributed by atoms with van der Waals surface area (Å²) < 4.78 is 16.0. The maximum atomic E-state index is 12.7.